The van der Waals surface area contributed by atoms with Gasteiger partial charge < -0.3 is 10.4 Å². The first kappa shape index (κ1) is 16.1. The molecule has 0 heterocycles. The molecule has 4 nitrogen and oxygen atoms in total. The third-order valence-electron chi connectivity index (χ3n) is 3.70. The molecule has 0 radical (unpaired) electrons. The summed E-state index contributed by atoms with van der Waals surface area (Å²) in [5.74, 6) is -2.01. The van der Waals surface area contributed by atoms with Crippen molar-refractivity contribution in [1.29, 1.82) is 0 Å². The number of carbonyl (C=O) groups excluding carboxylic acids is 1. The molecule has 1 amide bonds. The fourth-order valence-electron chi connectivity index (χ4n) is 2.10. The Kier molecular flexibility index (Phi) is 5.25. The summed E-state index contributed by atoms with van der Waals surface area (Å²) in [5, 5.41) is 11.7. The standard InChI is InChI=1S/C15H20FNO3/c1-4-15(5-2,14(19)20)9-13(18)17-12-7-6-10(3)8-11(12)16/h6-8H,4-5,9H2,1-3H3,(H,17,18)(H,19,20). The number of nitrogens with one attached hydrogen (secondary N) is 1. The molecule has 0 aliphatic heterocycles. The monoisotopic (exact) mass is 281 g/mol. The molecule has 0 aliphatic carbocycles. The summed E-state index contributed by atoms with van der Waals surface area (Å²) in [6, 6.07) is 4.48. The maximum Gasteiger partial charge on any atom is 0.310 e. The number of halogens is 1. The van der Waals surface area contributed by atoms with E-state index in [1.165, 1.54) is 12.1 Å². The summed E-state index contributed by atoms with van der Waals surface area (Å²) < 4.78 is 13.6. The minimum Gasteiger partial charge on any atom is -0.481 e. The lowest BCUT2D eigenvalue weighted by Gasteiger charge is -2.25. The van der Waals surface area contributed by atoms with Gasteiger partial charge in [-0.05, 0) is 37.5 Å². The van der Waals surface area contributed by atoms with E-state index in [1.807, 2.05) is 0 Å². The molecule has 0 saturated carbocycles. The highest BCUT2D eigenvalue weighted by molar-refractivity contribution is 5.94. The van der Waals surface area contributed by atoms with Gasteiger partial charge in [-0.3, -0.25) is 9.59 Å². The summed E-state index contributed by atoms with van der Waals surface area (Å²) >= 11 is 0. The summed E-state index contributed by atoms with van der Waals surface area (Å²) in [4.78, 5) is 23.3. The minimum absolute atomic E-state index is 0.0760. The Bertz CT molecular complexity index is 510. The van der Waals surface area contributed by atoms with E-state index < -0.39 is 23.1 Å². The van der Waals surface area contributed by atoms with Crippen molar-refractivity contribution in [2.24, 2.45) is 5.41 Å². The van der Waals surface area contributed by atoms with Gasteiger partial charge in [-0.2, -0.15) is 0 Å². The summed E-state index contributed by atoms with van der Waals surface area (Å²) in [5.41, 5.74) is -0.264. The molecule has 1 aromatic rings. The van der Waals surface area contributed by atoms with E-state index in [1.54, 1.807) is 26.8 Å². The van der Waals surface area contributed by atoms with Gasteiger partial charge in [0.15, 0.2) is 0 Å². The summed E-state index contributed by atoms with van der Waals surface area (Å²) in [6.45, 7) is 5.22. The molecule has 0 bridgehead atoms. The topological polar surface area (TPSA) is 66.4 Å². The lowest BCUT2D eigenvalue weighted by atomic mass is 9.79. The van der Waals surface area contributed by atoms with E-state index >= 15 is 0 Å². The fraction of sp³-hybridized carbons (Fsp3) is 0.467. The van der Waals surface area contributed by atoms with Crippen molar-refractivity contribution in [2.45, 2.75) is 40.0 Å². The number of aliphatic carboxylic acids is 1. The third-order valence-corrected chi connectivity index (χ3v) is 3.70. The van der Waals surface area contributed by atoms with Crippen LogP contribution in [-0.4, -0.2) is 17.0 Å². The van der Waals surface area contributed by atoms with Crippen molar-refractivity contribution in [1.82, 2.24) is 0 Å². The molecule has 0 unspecified atom stereocenters. The third kappa shape index (κ3) is 3.56. The van der Waals surface area contributed by atoms with Gasteiger partial charge in [0.25, 0.3) is 0 Å². The van der Waals surface area contributed by atoms with Crippen LogP contribution in [0.1, 0.15) is 38.7 Å². The first-order chi connectivity index (χ1) is 9.34. The zero-order valence-corrected chi connectivity index (χ0v) is 12.0. The molecule has 2 N–H and O–H groups in total. The van der Waals surface area contributed by atoms with Crippen molar-refractivity contribution >= 4 is 17.6 Å². The highest BCUT2D eigenvalue weighted by Crippen LogP contribution is 2.31. The Morgan fingerprint density at radius 2 is 1.90 bits per heavy atom. The molecule has 0 fully saturated rings. The highest BCUT2D eigenvalue weighted by atomic mass is 19.1. The maximum atomic E-state index is 13.6. The molecule has 0 aromatic heterocycles. The number of benzene rings is 1. The number of hydrogen-bond donors (Lipinski definition) is 2. The van der Waals surface area contributed by atoms with Crippen LogP contribution in [0.4, 0.5) is 10.1 Å². The van der Waals surface area contributed by atoms with Crippen molar-refractivity contribution in [3.05, 3.63) is 29.6 Å². The average Bonchev–Trinajstić information content (AvgIpc) is 2.39. The minimum atomic E-state index is -1.09. The van der Waals surface area contributed by atoms with Crippen LogP contribution in [0.3, 0.4) is 0 Å². The van der Waals surface area contributed by atoms with E-state index in [-0.39, 0.29) is 12.1 Å². The Morgan fingerprint density at radius 1 is 1.30 bits per heavy atom. The summed E-state index contributed by atoms with van der Waals surface area (Å²) in [6.07, 6.45) is 0.536. The number of amides is 1. The van der Waals surface area contributed by atoms with Gasteiger partial charge in [0.2, 0.25) is 5.91 Å². The Morgan fingerprint density at radius 3 is 2.35 bits per heavy atom. The van der Waals surface area contributed by atoms with Gasteiger partial charge in [0.1, 0.15) is 5.82 Å². The SMILES string of the molecule is CCC(CC)(CC(=O)Nc1ccc(C)cc1F)C(=O)O. The first-order valence-electron chi connectivity index (χ1n) is 6.64. The molecule has 0 spiro atoms. The van der Waals surface area contributed by atoms with Gasteiger partial charge in [0, 0.05) is 6.42 Å². The number of aryl methyl sites for hydroxylation is 1. The molecule has 0 atom stereocenters. The van der Waals surface area contributed by atoms with Gasteiger partial charge >= 0.3 is 5.97 Å². The van der Waals surface area contributed by atoms with Crippen LogP contribution in [0.5, 0.6) is 0 Å². The largest absolute Gasteiger partial charge is 0.481 e. The second-order valence-corrected chi connectivity index (χ2v) is 5.00. The number of hydrogen-bond acceptors (Lipinski definition) is 2. The normalized spacial score (nSPS) is 11.2. The van der Waals surface area contributed by atoms with Crippen LogP contribution in [0, 0.1) is 18.2 Å². The zero-order chi connectivity index (χ0) is 15.3. The molecule has 1 aromatic carbocycles. The van der Waals surface area contributed by atoms with E-state index in [4.69, 9.17) is 0 Å². The highest BCUT2D eigenvalue weighted by Gasteiger charge is 2.37. The van der Waals surface area contributed by atoms with Crippen LogP contribution >= 0.6 is 0 Å². The number of carboxylic acids is 1. The number of rotatable bonds is 6. The molecule has 110 valence electrons. The number of carbonyl (C=O) groups is 2. The quantitative estimate of drug-likeness (QED) is 0.840. The van der Waals surface area contributed by atoms with Crippen molar-refractivity contribution in [3.8, 4) is 0 Å². The van der Waals surface area contributed by atoms with Crippen molar-refractivity contribution < 1.29 is 19.1 Å². The second kappa shape index (κ2) is 6.50. The van der Waals surface area contributed by atoms with Crippen LogP contribution in [0.25, 0.3) is 0 Å². The lowest BCUT2D eigenvalue weighted by Crippen LogP contribution is -2.34. The molecular formula is C15H20FNO3. The van der Waals surface area contributed by atoms with Crippen LogP contribution in [-0.2, 0) is 9.59 Å². The smallest absolute Gasteiger partial charge is 0.310 e. The van der Waals surface area contributed by atoms with E-state index in [0.717, 1.165) is 5.56 Å². The Balaban J connectivity index is 2.83. The van der Waals surface area contributed by atoms with Crippen molar-refractivity contribution in [2.75, 3.05) is 5.32 Å². The molecule has 0 saturated heterocycles. The Labute approximate surface area is 118 Å². The van der Waals surface area contributed by atoms with Gasteiger partial charge in [-0.1, -0.05) is 19.9 Å². The zero-order valence-electron chi connectivity index (χ0n) is 12.0. The van der Waals surface area contributed by atoms with E-state index in [0.29, 0.717) is 12.8 Å². The van der Waals surface area contributed by atoms with E-state index in [9.17, 15) is 19.1 Å². The fourth-order valence-corrected chi connectivity index (χ4v) is 2.10. The Hall–Kier alpha value is -1.91. The second-order valence-electron chi connectivity index (χ2n) is 5.00. The van der Waals surface area contributed by atoms with Crippen molar-refractivity contribution in [3.63, 3.8) is 0 Å². The van der Waals surface area contributed by atoms with Crippen LogP contribution in [0.2, 0.25) is 0 Å². The summed E-state index contributed by atoms with van der Waals surface area (Å²) in [7, 11) is 0. The molecular weight excluding hydrogens is 261 g/mol. The molecule has 0 aliphatic rings. The van der Waals surface area contributed by atoms with Crippen LogP contribution < -0.4 is 5.32 Å². The number of carboxylic acid groups (broad SMARTS) is 1. The molecule has 1 rings (SSSR count). The predicted octanol–water partition coefficient (Wildman–Crippen LogP) is 3.35. The van der Waals surface area contributed by atoms with Crippen LogP contribution in [0.15, 0.2) is 18.2 Å². The van der Waals surface area contributed by atoms with Gasteiger partial charge in [-0.15, -0.1) is 0 Å². The lowest BCUT2D eigenvalue weighted by molar-refractivity contribution is -0.151. The first-order valence-corrected chi connectivity index (χ1v) is 6.64. The van der Waals surface area contributed by atoms with Gasteiger partial charge in [0.05, 0.1) is 11.1 Å². The maximum absolute atomic E-state index is 13.6. The average molecular weight is 281 g/mol. The van der Waals surface area contributed by atoms with Gasteiger partial charge in [-0.25, -0.2) is 4.39 Å². The molecule has 20 heavy (non-hydrogen) atoms. The predicted molar refractivity (Wildman–Crippen MR) is 75.0 cm³/mol. The number of anilines is 1. The van der Waals surface area contributed by atoms with E-state index in [2.05, 4.69) is 5.32 Å². The molecule has 5 heteroatoms.